The first kappa shape index (κ1) is 17.4. The van der Waals surface area contributed by atoms with Crippen molar-refractivity contribution in [2.45, 2.75) is 18.9 Å². The van der Waals surface area contributed by atoms with E-state index in [1.165, 1.54) is 12.1 Å². The highest BCUT2D eigenvalue weighted by Crippen LogP contribution is 2.29. The fourth-order valence-electron chi connectivity index (χ4n) is 2.85. The van der Waals surface area contributed by atoms with Crippen LogP contribution in [0, 0.1) is 0 Å². The first-order valence-corrected chi connectivity index (χ1v) is 7.98. The van der Waals surface area contributed by atoms with E-state index in [-0.39, 0.29) is 5.75 Å². The zero-order valence-electron chi connectivity index (χ0n) is 13.8. The van der Waals surface area contributed by atoms with Gasteiger partial charge in [0.15, 0.2) is 0 Å². The molecule has 0 saturated carbocycles. The number of hydrogen-bond donors (Lipinski definition) is 1. The molecule has 1 saturated heterocycles. The normalized spacial score (nSPS) is 15.0. The second kappa shape index (κ2) is 6.84. The number of likely N-dealkylation sites (N-methyl/N-ethyl adjacent to an activating group) is 1. The summed E-state index contributed by atoms with van der Waals surface area (Å²) in [5.41, 5.74) is 8.71. The van der Waals surface area contributed by atoms with Crippen molar-refractivity contribution in [2.24, 2.45) is 5.73 Å². The van der Waals surface area contributed by atoms with Gasteiger partial charge in [-0.25, -0.2) is 0 Å². The van der Waals surface area contributed by atoms with Crippen molar-refractivity contribution in [3.05, 3.63) is 54.1 Å². The van der Waals surface area contributed by atoms with Crippen LogP contribution in [-0.2, 0) is 6.54 Å². The Labute approximate surface area is 144 Å². The molecule has 4 nitrogen and oxygen atoms in total. The van der Waals surface area contributed by atoms with Crippen molar-refractivity contribution in [2.75, 3.05) is 29.9 Å². The lowest BCUT2D eigenvalue weighted by Crippen LogP contribution is -2.58. The van der Waals surface area contributed by atoms with E-state index >= 15 is 0 Å². The van der Waals surface area contributed by atoms with E-state index < -0.39 is 6.36 Å². The molecule has 0 unspecified atom stereocenters. The molecule has 1 heterocycles. The number of halogens is 3. The Hall–Kier alpha value is -2.41. The first-order valence-electron chi connectivity index (χ1n) is 7.98. The molecular weight excluding hydrogens is 331 g/mol. The Kier molecular flexibility index (Phi) is 4.76. The lowest BCUT2D eigenvalue weighted by Gasteiger charge is -2.46. The van der Waals surface area contributed by atoms with Crippen LogP contribution in [0.1, 0.15) is 5.56 Å². The summed E-state index contributed by atoms with van der Waals surface area (Å²) in [7, 11) is 2.04. The zero-order valence-corrected chi connectivity index (χ0v) is 13.8. The van der Waals surface area contributed by atoms with Crippen molar-refractivity contribution in [3.8, 4) is 5.75 Å². The predicted octanol–water partition coefficient (Wildman–Crippen LogP) is 3.37. The van der Waals surface area contributed by atoms with E-state index in [9.17, 15) is 13.2 Å². The van der Waals surface area contributed by atoms with E-state index in [0.717, 1.165) is 30.0 Å². The topological polar surface area (TPSA) is 41.7 Å². The Balaban J connectivity index is 1.56. The van der Waals surface area contributed by atoms with E-state index in [4.69, 9.17) is 5.73 Å². The summed E-state index contributed by atoms with van der Waals surface area (Å²) in [6.07, 6.45) is -4.66. The summed E-state index contributed by atoms with van der Waals surface area (Å²) < 4.78 is 40.4. The van der Waals surface area contributed by atoms with Crippen LogP contribution in [0.5, 0.6) is 5.75 Å². The zero-order chi connectivity index (χ0) is 18.0. The molecule has 7 heteroatoms. The Morgan fingerprint density at radius 3 is 2.20 bits per heavy atom. The molecule has 0 amide bonds. The first-order chi connectivity index (χ1) is 11.9. The van der Waals surface area contributed by atoms with Gasteiger partial charge >= 0.3 is 6.36 Å². The monoisotopic (exact) mass is 351 g/mol. The van der Waals surface area contributed by atoms with Gasteiger partial charge in [0.25, 0.3) is 0 Å². The number of anilines is 2. The van der Waals surface area contributed by atoms with Gasteiger partial charge in [0.1, 0.15) is 5.75 Å². The second-order valence-electron chi connectivity index (χ2n) is 6.08. The van der Waals surface area contributed by atoms with Crippen LogP contribution in [0.3, 0.4) is 0 Å². The van der Waals surface area contributed by atoms with Crippen molar-refractivity contribution in [3.63, 3.8) is 0 Å². The van der Waals surface area contributed by atoms with Gasteiger partial charge in [0, 0.05) is 38.1 Å². The maximum absolute atomic E-state index is 12.2. The van der Waals surface area contributed by atoms with Gasteiger partial charge in [-0.15, -0.1) is 13.2 Å². The molecule has 2 aromatic rings. The summed E-state index contributed by atoms with van der Waals surface area (Å²) in [5, 5.41) is 0. The third-order valence-corrected chi connectivity index (χ3v) is 4.42. The average Bonchev–Trinajstić information content (AvgIpc) is 2.53. The van der Waals surface area contributed by atoms with Gasteiger partial charge in [-0.05, 0) is 42.0 Å². The van der Waals surface area contributed by atoms with Crippen molar-refractivity contribution >= 4 is 11.4 Å². The maximum atomic E-state index is 12.2. The van der Waals surface area contributed by atoms with E-state index in [0.29, 0.717) is 12.6 Å². The summed E-state index contributed by atoms with van der Waals surface area (Å²) in [6.45, 7) is 2.15. The summed E-state index contributed by atoms with van der Waals surface area (Å²) >= 11 is 0. The van der Waals surface area contributed by atoms with Crippen LogP contribution in [0.15, 0.2) is 48.5 Å². The van der Waals surface area contributed by atoms with Crippen LogP contribution in [0.2, 0.25) is 0 Å². The van der Waals surface area contributed by atoms with Crippen LogP contribution >= 0.6 is 0 Å². The molecule has 0 radical (unpaired) electrons. The molecule has 0 aromatic heterocycles. The highest BCUT2D eigenvalue weighted by atomic mass is 19.4. The van der Waals surface area contributed by atoms with Crippen molar-refractivity contribution in [1.29, 1.82) is 0 Å². The SMILES string of the molecule is CN(c1ccc(CN)cc1)C1CN(c2ccc(OC(F)(F)F)cc2)C1. The molecule has 1 fully saturated rings. The smallest absolute Gasteiger partial charge is 0.406 e. The molecule has 0 spiro atoms. The third kappa shape index (κ3) is 4.17. The van der Waals surface area contributed by atoms with Gasteiger partial charge in [-0.1, -0.05) is 12.1 Å². The van der Waals surface area contributed by atoms with Gasteiger partial charge in [0.05, 0.1) is 6.04 Å². The standard InChI is InChI=1S/C18H20F3N3O/c1-23(14-4-2-13(10-22)3-5-14)16-11-24(12-16)15-6-8-17(9-7-15)25-18(19,20)21/h2-9,16H,10-12,22H2,1H3. The lowest BCUT2D eigenvalue weighted by molar-refractivity contribution is -0.274. The number of rotatable bonds is 5. The molecule has 0 atom stereocenters. The minimum Gasteiger partial charge on any atom is -0.406 e. The minimum absolute atomic E-state index is 0.203. The molecule has 1 aliphatic heterocycles. The summed E-state index contributed by atoms with van der Waals surface area (Å²) in [5.74, 6) is -0.203. The quantitative estimate of drug-likeness (QED) is 0.897. The molecule has 2 N–H and O–H groups in total. The molecule has 1 aliphatic rings. The summed E-state index contributed by atoms with van der Waals surface area (Å²) in [4.78, 5) is 4.32. The number of nitrogens with zero attached hydrogens (tertiary/aromatic N) is 2. The van der Waals surface area contributed by atoms with Crippen molar-refractivity contribution in [1.82, 2.24) is 0 Å². The molecule has 25 heavy (non-hydrogen) atoms. The fourth-order valence-corrected chi connectivity index (χ4v) is 2.85. The van der Waals surface area contributed by atoms with Crippen molar-refractivity contribution < 1.29 is 17.9 Å². The average molecular weight is 351 g/mol. The van der Waals surface area contributed by atoms with Crippen LogP contribution in [0.25, 0.3) is 0 Å². The second-order valence-corrected chi connectivity index (χ2v) is 6.08. The molecule has 2 aromatic carbocycles. The van der Waals surface area contributed by atoms with Gasteiger partial charge in [-0.3, -0.25) is 0 Å². The minimum atomic E-state index is -4.66. The van der Waals surface area contributed by atoms with E-state index in [1.807, 2.05) is 31.3 Å². The molecule has 3 rings (SSSR count). The van der Waals surface area contributed by atoms with E-state index in [2.05, 4.69) is 14.5 Å². The van der Waals surface area contributed by atoms with Gasteiger partial charge < -0.3 is 20.3 Å². The highest BCUT2D eigenvalue weighted by molar-refractivity contribution is 5.55. The van der Waals surface area contributed by atoms with Gasteiger partial charge in [0.2, 0.25) is 0 Å². The maximum Gasteiger partial charge on any atom is 0.573 e. The highest BCUT2D eigenvalue weighted by Gasteiger charge is 2.32. The number of benzene rings is 2. The molecule has 0 aliphatic carbocycles. The predicted molar refractivity (Wildman–Crippen MR) is 91.9 cm³/mol. The Bertz CT molecular complexity index is 695. The third-order valence-electron chi connectivity index (χ3n) is 4.42. The number of hydrogen-bond acceptors (Lipinski definition) is 4. The lowest BCUT2D eigenvalue weighted by atomic mass is 10.0. The Morgan fingerprint density at radius 1 is 1.08 bits per heavy atom. The van der Waals surface area contributed by atoms with Gasteiger partial charge in [-0.2, -0.15) is 0 Å². The van der Waals surface area contributed by atoms with Crippen LogP contribution in [-0.4, -0.2) is 32.5 Å². The number of nitrogens with two attached hydrogens (primary N) is 1. The summed E-state index contributed by atoms with van der Waals surface area (Å²) in [6, 6.07) is 14.5. The van der Waals surface area contributed by atoms with E-state index in [1.54, 1.807) is 12.1 Å². The van der Waals surface area contributed by atoms with Crippen LogP contribution in [0.4, 0.5) is 24.5 Å². The molecular formula is C18H20F3N3O. The Morgan fingerprint density at radius 2 is 1.68 bits per heavy atom. The molecule has 134 valence electrons. The fraction of sp³-hybridized carbons (Fsp3) is 0.333. The number of ether oxygens (including phenoxy) is 1. The largest absolute Gasteiger partial charge is 0.573 e. The van der Waals surface area contributed by atoms with Crippen LogP contribution < -0.4 is 20.3 Å². The molecule has 0 bridgehead atoms. The number of alkyl halides is 3.